The third-order valence-corrected chi connectivity index (χ3v) is 11.5. The van der Waals surface area contributed by atoms with Gasteiger partial charge in [0.05, 0.1) is 17.1 Å². The van der Waals surface area contributed by atoms with Crippen LogP contribution in [-0.2, 0) is 0 Å². The highest BCUT2D eigenvalue weighted by atomic mass is 16.3. The van der Waals surface area contributed by atoms with E-state index in [1.54, 1.807) is 0 Å². The molecule has 1 unspecified atom stereocenters. The van der Waals surface area contributed by atoms with Crippen LogP contribution < -0.4 is 5.32 Å². The fourth-order valence-electron chi connectivity index (χ4n) is 8.78. The van der Waals surface area contributed by atoms with Gasteiger partial charge in [-0.15, -0.1) is 0 Å². The molecule has 0 saturated carbocycles. The zero-order valence-corrected chi connectivity index (χ0v) is 31.8. The van der Waals surface area contributed by atoms with Crippen LogP contribution in [-0.4, -0.2) is 10.4 Å². The molecule has 8 aromatic carbocycles. The number of nitrogens with one attached hydrogen (secondary N) is 1. The fourth-order valence-corrected chi connectivity index (χ4v) is 8.78. The summed E-state index contributed by atoms with van der Waals surface area (Å²) >= 11 is 0. The Morgan fingerprint density at radius 1 is 0.483 bits per heavy atom. The summed E-state index contributed by atoms with van der Waals surface area (Å²) in [5.74, 6) is 0.857. The minimum atomic E-state index is -0.132. The van der Waals surface area contributed by atoms with Gasteiger partial charge in [-0.05, 0) is 101 Å². The summed E-state index contributed by atoms with van der Waals surface area (Å²) in [6.45, 7) is 0. The molecule has 2 aromatic heterocycles. The van der Waals surface area contributed by atoms with Gasteiger partial charge in [0.15, 0.2) is 0 Å². The number of para-hydroxylation sites is 2. The van der Waals surface area contributed by atoms with Crippen LogP contribution >= 0.6 is 0 Å². The quantitative estimate of drug-likeness (QED) is 0.184. The predicted octanol–water partition coefficient (Wildman–Crippen LogP) is 13.9. The molecule has 0 fully saturated rings. The number of fused-ring (bicyclic) bond motifs is 6. The maximum Gasteiger partial charge on any atom is 0.136 e. The largest absolute Gasteiger partial charge is 0.456 e. The second-order valence-electron chi connectivity index (χ2n) is 15.1. The zero-order chi connectivity index (χ0) is 38.4. The van der Waals surface area contributed by atoms with Gasteiger partial charge in [-0.25, -0.2) is 0 Å². The number of allylic oxidation sites excluding steroid dienone is 1. The van der Waals surface area contributed by atoms with E-state index in [0.29, 0.717) is 0 Å². The molecule has 1 aliphatic heterocycles. The van der Waals surface area contributed by atoms with Gasteiger partial charge in [-0.2, -0.15) is 0 Å². The van der Waals surface area contributed by atoms with Crippen LogP contribution in [0, 0.1) is 0 Å². The summed E-state index contributed by atoms with van der Waals surface area (Å²) in [5.41, 5.74) is 14.3. The van der Waals surface area contributed by atoms with Gasteiger partial charge < -0.3 is 14.3 Å². The number of hydrogen-bond acceptors (Lipinski definition) is 3. The van der Waals surface area contributed by atoms with Crippen molar-refractivity contribution in [2.24, 2.45) is 4.99 Å². The third kappa shape index (κ3) is 5.98. The second-order valence-corrected chi connectivity index (χ2v) is 15.1. The van der Waals surface area contributed by atoms with E-state index < -0.39 is 0 Å². The maximum absolute atomic E-state index is 6.78. The van der Waals surface area contributed by atoms with Crippen LogP contribution in [0.3, 0.4) is 0 Å². The highest BCUT2D eigenvalue weighted by Gasteiger charge is 2.24. The van der Waals surface area contributed by atoms with Crippen LogP contribution in [0.25, 0.3) is 77.4 Å². The van der Waals surface area contributed by atoms with Gasteiger partial charge in [-0.3, -0.25) is 4.99 Å². The maximum atomic E-state index is 6.78. The van der Waals surface area contributed by atoms with Gasteiger partial charge >= 0.3 is 0 Å². The lowest BCUT2D eigenvalue weighted by Crippen LogP contribution is -2.25. The summed E-state index contributed by atoms with van der Waals surface area (Å²) < 4.78 is 9.15. The number of benzene rings is 8. The monoisotopic (exact) mass is 745 g/mol. The van der Waals surface area contributed by atoms with E-state index in [4.69, 9.17) is 9.41 Å². The van der Waals surface area contributed by atoms with E-state index in [-0.39, 0.29) is 6.04 Å². The molecule has 0 radical (unpaired) electrons. The van der Waals surface area contributed by atoms with Gasteiger partial charge in [0.25, 0.3) is 0 Å². The van der Waals surface area contributed by atoms with Crippen molar-refractivity contribution >= 4 is 55.3 Å². The predicted molar refractivity (Wildman–Crippen MR) is 241 cm³/mol. The van der Waals surface area contributed by atoms with E-state index in [9.17, 15) is 0 Å². The minimum Gasteiger partial charge on any atom is -0.456 e. The lowest BCUT2D eigenvalue weighted by Gasteiger charge is -2.22. The molecule has 3 heterocycles. The molecule has 0 bridgehead atoms. The highest BCUT2D eigenvalue weighted by Crippen LogP contribution is 2.43. The van der Waals surface area contributed by atoms with Gasteiger partial charge in [0, 0.05) is 38.5 Å². The average Bonchev–Trinajstić information content (AvgIpc) is 3.82. The summed E-state index contributed by atoms with van der Waals surface area (Å²) in [6, 6.07) is 68.9. The van der Waals surface area contributed by atoms with Crippen molar-refractivity contribution in [3.63, 3.8) is 0 Å². The van der Waals surface area contributed by atoms with Crippen LogP contribution in [0.4, 0.5) is 0 Å². The van der Waals surface area contributed by atoms with Crippen molar-refractivity contribution in [3.05, 3.63) is 217 Å². The first-order valence-electron chi connectivity index (χ1n) is 20.1. The summed E-state index contributed by atoms with van der Waals surface area (Å²) in [4.78, 5) is 5.61. The van der Waals surface area contributed by atoms with E-state index >= 15 is 0 Å². The van der Waals surface area contributed by atoms with Gasteiger partial charge in [0.2, 0.25) is 0 Å². The molecular weight excluding hydrogens is 707 g/mol. The SMILES string of the molecule is C1=C(c2ccccc2)NC(c2ccccc2)=NC(c2cc(-c3ccccc3)cc3oc4ccc(-c5ccc6c(c5)c5ccccc5n6-c5ccccc5)cc4c23)CC1. The molecule has 0 saturated heterocycles. The van der Waals surface area contributed by atoms with Crippen LogP contribution in [0.2, 0.25) is 0 Å². The number of furan rings is 1. The number of nitrogens with zero attached hydrogens (tertiary/aromatic N) is 2. The Morgan fingerprint density at radius 3 is 1.86 bits per heavy atom. The molecule has 1 N–H and O–H groups in total. The van der Waals surface area contributed by atoms with Crippen molar-refractivity contribution in [2.45, 2.75) is 18.9 Å². The molecule has 1 aliphatic rings. The first-order chi connectivity index (χ1) is 28.7. The lowest BCUT2D eigenvalue weighted by atomic mass is 9.91. The smallest absolute Gasteiger partial charge is 0.136 e. The Labute approximate surface area is 337 Å². The molecule has 1 atom stereocenters. The summed E-state index contributed by atoms with van der Waals surface area (Å²) in [6.07, 6.45) is 4.03. The van der Waals surface area contributed by atoms with Crippen LogP contribution in [0.15, 0.2) is 210 Å². The van der Waals surface area contributed by atoms with Crippen LogP contribution in [0.5, 0.6) is 0 Å². The Bertz CT molecular complexity index is 3180. The zero-order valence-electron chi connectivity index (χ0n) is 31.8. The standard InChI is InChI=1S/C54H39N3O/c1-5-16-36(17-6-1)41-34-45(48-26-15-25-47(37-18-7-2-8-19-37)55-54(56-48)38-20-9-3-10-21-38)53-46-33-40(29-31-51(46)58-52(53)35-41)39-28-30-50-44(32-39)43-24-13-14-27-49(43)57(50)42-22-11-4-12-23-42/h1-14,16-25,27-35,48H,15,26H2,(H,55,56). The summed E-state index contributed by atoms with van der Waals surface area (Å²) in [5, 5.41) is 8.46. The van der Waals surface area contributed by atoms with Crippen molar-refractivity contribution in [2.75, 3.05) is 0 Å². The molecule has 4 heteroatoms. The Hall–Kier alpha value is -7.43. The number of rotatable bonds is 6. The Morgan fingerprint density at radius 2 is 1.10 bits per heavy atom. The molecule has 10 aromatic rings. The summed E-state index contributed by atoms with van der Waals surface area (Å²) in [7, 11) is 0. The molecule has 58 heavy (non-hydrogen) atoms. The molecule has 4 nitrogen and oxygen atoms in total. The van der Waals surface area contributed by atoms with Crippen molar-refractivity contribution in [3.8, 4) is 27.9 Å². The van der Waals surface area contributed by atoms with Crippen molar-refractivity contribution in [1.82, 2.24) is 9.88 Å². The van der Waals surface area contributed by atoms with E-state index in [2.05, 4.69) is 210 Å². The van der Waals surface area contributed by atoms with E-state index in [1.165, 1.54) is 32.9 Å². The average molecular weight is 746 g/mol. The number of hydrogen-bond donors (Lipinski definition) is 1. The normalized spacial score (nSPS) is 14.6. The molecular formula is C54H39N3O. The number of aromatic nitrogens is 1. The Kier molecular flexibility index (Phi) is 8.32. The molecule has 276 valence electrons. The molecule has 0 aliphatic carbocycles. The minimum absolute atomic E-state index is 0.132. The number of aliphatic imine (C=N–C) groups is 1. The van der Waals surface area contributed by atoms with E-state index in [1.807, 2.05) is 0 Å². The van der Waals surface area contributed by atoms with E-state index in [0.717, 1.165) is 79.8 Å². The second kappa shape index (κ2) is 14.3. The molecule has 0 spiro atoms. The first-order valence-corrected chi connectivity index (χ1v) is 20.1. The third-order valence-electron chi connectivity index (χ3n) is 11.5. The first kappa shape index (κ1) is 33.9. The Balaban J connectivity index is 1.09. The number of amidine groups is 1. The van der Waals surface area contributed by atoms with Crippen molar-refractivity contribution < 1.29 is 4.42 Å². The molecule has 11 rings (SSSR count). The van der Waals surface area contributed by atoms with Crippen molar-refractivity contribution in [1.29, 1.82) is 0 Å². The van der Waals surface area contributed by atoms with Crippen LogP contribution in [0.1, 0.15) is 35.6 Å². The van der Waals surface area contributed by atoms with Gasteiger partial charge in [0.1, 0.15) is 17.0 Å². The molecule has 0 amide bonds. The fraction of sp³-hybridized carbons (Fsp3) is 0.0556. The topological polar surface area (TPSA) is 42.5 Å². The lowest BCUT2D eigenvalue weighted by molar-refractivity contribution is 0.655. The highest BCUT2D eigenvalue weighted by molar-refractivity contribution is 6.12. The van der Waals surface area contributed by atoms with Gasteiger partial charge in [-0.1, -0.05) is 146 Å².